The average molecular weight is 389 g/mol. The molecule has 4 nitrogen and oxygen atoms in total. The van der Waals surface area contributed by atoms with Crippen molar-refractivity contribution in [3.63, 3.8) is 0 Å². The number of carbonyl (C=O) groups excluding carboxylic acids is 1. The van der Waals surface area contributed by atoms with Gasteiger partial charge in [-0.2, -0.15) is 0 Å². The van der Waals surface area contributed by atoms with Crippen molar-refractivity contribution < 1.29 is 9.53 Å². The first kappa shape index (κ1) is 17.4. The van der Waals surface area contributed by atoms with Gasteiger partial charge in [-0.1, -0.05) is 36.0 Å². The fourth-order valence-electron chi connectivity index (χ4n) is 3.66. The summed E-state index contributed by atoms with van der Waals surface area (Å²) < 4.78 is 7.41. The number of rotatable bonds is 3. The zero-order valence-electron chi connectivity index (χ0n) is 14.3. The maximum atomic E-state index is 11.1. The van der Waals surface area contributed by atoms with Gasteiger partial charge >= 0.3 is 5.97 Å². The van der Waals surface area contributed by atoms with Crippen molar-refractivity contribution in [2.45, 2.75) is 38.6 Å². The van der Waals surface area contributed by atoms with E-state index in [4.69, 9.17) is 32.9 Å². The minimum absolute atomic E-state index is 0.333. The summed E-state index contributed by atoms with van der Waals surface area (Å²) in [5.41, 5.74) is 2.81. The molecule has 1 aliphatic rings. The van der Waals surface area contributed by atoms with Crippen LogP contribution in [0.3, 0.4) is 0 Å². The fraction of sp³-hybridized carbons (Fsp3) is 0.300. The highest BCUT2D eigenvalue weighted by Crippen LogP contribution is 2.39. The van der Waals surface area contributed by atoms with Crippen LogP contribution in [0, 0.1) is 0 Å². The number of fused-ring (bicyclic) bond motifs is 1. The van der Waals surface area contributed by atoms with Crippen LogP contribution in [0.25, 0.3) is 22.4 Å². The number of ether oxygens (including phenoxy) is 1. The number of hydrogen-bond acceptors (Lipinski definition) is 3. The van der Waals surface area contributed by atoms with E-state index in [1.165, 1.54) is 19.8 Å². The van der Waals surface area contributed by atoms with E-state index in [0.717, 1.165) is 35.3 Å². The molecule has 0 bridgehead atoms. The number of imidazole rings is 1. The van der Waals surface area contributed by atoms with Gasteiger partial charge in [0.15, 0.2) is 0 Å². The lowest BCUT2D eigenvalue weighted by atomic mass is 10.1. The monoisotopic (exact) mass is 388 g/mol. The van der Waals surface area contributed by atoms with Gasteiger partial charge < -0.3 is 9.30 Å². The number of esters is 1. The Balaban J connectivity index is 1.85. The Bertz CT molecular complexity index is 974. The van der Waals surface area contributed by atoms with Crippen molar-refractivity contribution in [3.8, 4) is 17.1 Å². The molecule has 0 aliphatic heterocycles. The number of benzene rings is 2. The molecule has 1 heterocycles. The SMILES string of the molecule is CC(=O)Oc1ccc(-c2nc3cc(Cl)c(Cl)cc3n2C2CCCC2)cc1. The highest BCUT2D eigenvalue weighted by atomic mass is 35.5. The second-order valence-electron chi connectivity index (χ2n) is 6.62. The molecule has 4 rings (SSSR count). The Morgan fingerprint density at radius 2 is 1.77 bits per heavy atom. The van der Waals surface area contributed by atoms with Gasteiger partial charge in [0.25, 0.3) is 0 Å². The van der Waals surface area contributed by atoms with Crippen LogP contribution in [-0.4, -0.2) is 15.5 Å². The smallest absolute Gasteiger partial charge is 0.308 e. The van der Waals surface area contributed by atoms with Gasteiger partial charge in [-0.25, -0.2) is 4.98 Å². The molecule has 26 heavy (non-hydrogen) atoms. The van der Waals surface area contributed by atoms with Crippen LogP contribution < -0.4 is 4.74 Å². The maximum absolute atomic E-state index is 11.1. The number of nitrogens with zero attached hydrogens (tertiary/aromatic N) is 2. The molecule has 1 aromatic heterocycles. The van der Waals surface area contributed by atoms with E-state index in [9.17, 15) is 4.79 Å². The highest BCUT2D eigenvalue weighted by Gasteiger charge is 2.24. The number of halogens is 2. The molecule has 134 valence electrons. The summed E-state index contributed by atoms with van der Waals surface area (Å²) in [4.78, 5) is 15.9. The second-order valence-corrected chi connectivity index (χ2v) is 7.43. The minimum atomic E-state index is -0.333. The molecule has 0 atom stereocenters. The quantitative estimate of drug-likeness (QED) is 0.405. The van der Waals surface area contributed by atoms with E-state index in [-0.39, 0.29) is 5.97 Å². The van der Waals surface area contributed by atoms with Gasteiger partial charge in [0, 0.05) is 18.5 Å². The van der Waals surface area contributed by atoms with Crippen molar-refractivity contribution in [2.75, 3.05) is 0 Å². The Morgan fingerprint density at radius 1 is 1.12 bits per heavy atom. The van der Waals surface area contributed by atoms with Crippen molar-refractivity contribution in [3.05, 3.63) is 46.4 Å². The molecule has 1 aliphatic carbocycles. The summed E-state index contributed by atoms with van der Waals surface area (Å²) in [6.45, 7) is 1.39. The van der Waals surface area contributed by atoms with Crippen LogP contribution in [0.5, 0.6) is 5.75 Å². The summed E-state index contributed by atoms with van der Waals surface area (Å²) in [6.07, 6.45) is 4.70. The zero-order chi connectivity index (χ0) is 18.3. The van der Waals surface area contributed by atoms with Crippen molar-refractivity contribution >= 4 is 40.2 Å². The third-order valence-electron chi connectivity index (χ3n) is 4.80. The molecule has 0 unspecified atom stereocenters. The first-order valence-corrected chi connectivity index (χ1v) is 9.44. The van der Waals surface area contributed by atoms with E-state index >= 15 is 0 Å². The molecule has 3 aromatic rings. The Kier molecular flexibility index (Phi) is 4.63. The summed E-state index contributed by atoms with van der Waals surface area (Å²) >= 11 is 12.5. The fourth-order valence-corrected chi connectivity index (χ4v) is 3.98. The first-order valence-electron chi connectivity index (χ1n) is 8.69. The summed E-state index contributed by atoms with van der Waals surface area (Å²) in [6, 6.07) is 11.6. The number of hydrogen-bond donors (Lipinski definition) is 0. The molecule has 0 N–H and O–H groups in total. The normalized spacial score (nSPS) is 14.9. The Morgan fingerprint density at radius 3 is 2.42 bits per heavy atom. The molecular formula is C20H18Cl2N2O2. The van der Waals surface area contributed by atoms with Crippen molar-refractivity contribution in [1.29, 1.82) is 0 Å². The van der Waals surface area contributed by atoms with E-state index < -0.39 is 0 Å². The lowest BCUT2D eigenvalue weighted by Gasteiger charge is -2.17. The largest absolute Gasteiger partial charge is 0.427 e. The van der Waals surface area contributed by atoms with Crippen LogP contribution in [0.4, 0.5) is 0 Å². The van der Waals surface area contributed by atoms with Gasteiger partial charge in [0.05, 0.1) is 21.1 Å². The standard InChI is InChI=1S/C20H18Cl2N2O2/c1-12(25)26-15-8-6-13(7-9-15)20-23-18-10-16(21)17(22)11-19(18)24(20)14-4-2-3-5-14/h6-11,14H,2-5H2,1H3. The van der Waals surface area contributed by atoms with Crippen LogP contribution >= 0.6 is 23.2 Å². The van der Waals surface area contributed by atoms with Crippen LogP contribution in [0.2, 0.25) is 10.0 Å². The predicted molar refractivity (Wildman–Crippen MR) is 104 cm³/mol. The topological polar surface area (TPSA) is 44.1 Å². The number of carbonyl (C=O) groups is 1. The molecule has 2 aromatic carbocycles. The van der Waals surface area contributed by atoms with Crippen molar-refractivity contribution in [2.24, 2.45) is 0 Å². The number of aromatic nitrogens is 2. The molecule has 1 saturated carbocycles. The van der Waals surface area contributed by atoms with Crippen LogP contribution in [0.1, 0.15) is 38.6 Å². The van der Waals surface area contributed by atoms with Crippen molar-refractivity contribution in [1.82, 2.24) is 9.55 Å². The Hall–Kier alpha value is -2.04. The summed E-state index contributed by atoms with van der Waals surface area (Å²) in [7, 11) is 0. The predicted octanol–water partition coefficient (Wildman–Crippen LogP) is 6.05. The lowest BCUT2D eigenvalue weighted by Crippen LogP contribution is -2.07. The average Bonchev–Trinajstić information content (AvgIpc) is 3.23. The third kappa shape index (κ3) is 3.19. The van der Waals surface area contributed by atoms with E-state index in [1.807, 2.05) is 24.3 Å². The van der Waals surface area contributed by atoms with Crippen LogP contribution in [-0.2, 0) is 4.79 Å². The molecule has 0 spiro atoms. The molecule has 0 amide bonds. The van der Waals surface area contributed by atoms with E-state index in [0.29, 0.717) is 21.8 Å². The van der Waals surface area contributed by atoms with Gasteiger partial charge in [-0.3, -0.25) is 4.79 Å². The minimum Gasteiger partial charge on any atom is -0.427 e. The van der Waals surface area contributed by atoms with Gasteiger partial charge in [0.1, 0.15) is 11.6 Å². The first-order chi connectivity index (χ1) is 12.5. The van der Waals surface area contributed by atoms with Gasteiger partial charge in [-0.05, 0) is 49.2 Å². The van der Waals surface area contributed by atoms with E-state index in [2.05, 4.69) is 4.57 Å². The lowest BCUT2D eigenvalue weighted by molar-refractivity contribution is -0.131. The second kappa shape index (κ2) is 6.93. The zero-order valence-corrected chi connectivity index (χ0v) is 15.8. The molecular weight excluding hydrogens is 371 g/mol. The van der Waals surface area contributed by atoms with Crippen LogP contribution in [0.15, 0.2) is 36.4 Å². The molecule has 0 radical (unpaired) electrons. The highest BCUT2D eigenvalue weighted by molar-refractivity contribution is 6.42. The van der Waals surface area contributed by atoms with E-state index in [1.54, 1.807) is 12.1 Å². The van der Waals surface area contributed by atoms with Gasteiger partial charge in [0.2, 0.25) is 0 Å². The maximum Gasteiger partial charge on any atom is 0.308 e. The molecule has 0 saturated heterocycles. The molecule has 1 fully saturated rings. The summed E-state index contributed by atoms with van der Waals surface area (Å²) in [5, 5.41) is 1.04. The molecule has 6 heteroatoms. The summed E-state index contributed by atoms with van der Waals surface area (Å²) in [5.74, 6) is 1.08. The third-order valence-corrected chi connectivity index (χ3v) is 5.52. The van der Waals surface area contributed by atoms with Gasteiger partial charge in [-0.15, -0.1) is 0 Å². The Labute approximate surface area is 161 Å².